The van der Waals surface area contributed by atoms with Crippen LogP contribution in [0, 0.1) is 11.3 Å². The number of allylic oxidation sites excluding steroid dienone is 2. The second-order valence-corrected chi connectivity index (χ2v) is 14.4. The van der Waals surface area contributed by atoms with Gasteiger partial charge in [0.1, 0.15) is 30.2 Å². The Morgan fingerprint density at radius 2 is 1.93 bits per heavy atom. The molecule has 11 heteroatoms. The van der Waals surface area contributed by atoms with E-state index in [1.165, 1.54) is 11.9 Å². The minimum absolute atomic E-state index is 0.00300. The minimum Gasteiger partial charge on any atom is -0.382 e. The van der Waals surface area contributed by atoms with E-state index in [0.29, 0.717) is 41.4 Å². The third kappa shape index (κ3) is 6.09. The van der Waals surface area contributed by atoms with Crippen molar-refractivity contribution in [1.82, 2.24) is 29.7 Å². The van der Waals surface area contributed by atoms with E-state index in [1.807, 2.05) is 18.4 Å². The molecule has 5 atom stereocenters. The molecule has 1 saturated carbocycles. The summed E-state index contributed by atoms with van der Waals surface area (Å²) in [4.78, 5) is 28.2. The van der Waals surface area contributed by atoms with Gasteiger partial charge in [-0.15, -0.1) is 0 Å². The van der Waals surface area contributed by atoms with E-state index in [2.05, 4.69) is 78.0 Å². The average Bonchev–Trinajstić information content (AvgIpc) is 3.66. The molecule has 4 aliphatic rings. The Morgan fingerprint density at radius 3 is 2.63 bits per heavy atom. The van der Waals surface area contributed by atoms with Gasteiger partial charge in [-0.3, -0.25) is 14.3 Å². The van der Waals surface area contributed by atoms with Crippen LogP contribution in [0.5, 0.6) is 0 Å². The number of nitrogens with zero attached hydrogens (tertiary/aromatic N) is 5. The van der Waals surface area contributed by atoms with Crippen LogP contribution in [0.25, 0.3) is 11.2 Å². The van der Waals surface area contributed by atoms with Gasteiger partial charge in [-0.1, -0.05) is 39.0 Å². The Bertz CT molecular complexity index is 1400. The molecule has 6 rings (SSSR count). The molecule has 43 heavy (non-hydrogen) atoms. The largest absolute Gasteiger partial charge is 0.382 e. The number of amides is 1. The number of carbonyl (C=O) groups is 1. The van der Waals surface area contributed by atoms with Crippen LogP contribution in [-0.4, -0.2) is 79.1 Å². The molecule has 3 N–H and O–H groups in total. The lowest BCUT2D eigenvalue weighted by Gasteiger charge is -2.46. The van der Waals surface area contributed by atoms with Gasteiger partial charge in [-0.2, -0.15) is 0 Å². The van der Waals surface area contributed by atoms with Crippen LogP contribution < -0.4 is 11.1 Å². The second kappa shape index (κ2) is 11.3. The van der Waals surface area contributed by atoms with Gasteiger partial charge < -0.3 is 25.3 Å². The highest BCUT2D eigenvalue weighted by Crippen LogP contribution is 2.45. The predicted octanol–water partition coefficient (Wildman–Crippen LogP) is 4.12. The molecule has 1 amide bonds. The molecule has 2 saturated heterocycles. The van der Waals surface area contributed by atoms with Gasteiger partial charge in [0, 0.05) is 25.0 Å². The standard InChI is InChI=1S/C32H47N7O4/c1-18(2)38(22-12-19(13-22)8-11-24(40)37-21-10-9-20(14-21)31(3,4)5)15-23-26-27(43-32(6,7)42-26)30(41-23)39-17-36-25-28(33)34-16-35-29(25)39/h9-10,14,16-19,21-23,26-27,30H,8,11-13,15H2,1-7H3,(H,37,40)(H2,33,34,35)/t19-,21?,22-,23-,26-,27-,30-/m1/s1. The van der Waals surface area contributed by atoms with Crippen molar-refractivity contribution in [3.8, 4) is 0 Å². The van der Waals surface area contributed by atoms with Crippen LogP contribution in [0.1, 0.15) is 80.4 Å². The Hall–Kier alpha value is -2.86. The summed E-state index contributed by atoms with van der Waals surface area (Å²) in [5.74, 6) is 0.294. The summed E-state index contributed by atoms with van der Waals surface area (Å²) >= 11 is 0. The van der Waals surface area contributed by atoms with Gasteiger partial charge >= 0.3 is 0 Å². The predicted molar refractivity (Wildman–Crippen MR) is 164 cm³/mol. The second-order valence-electron chi connectivity index (χ2n) is 14.4. The first kappa shape index (κ1) is 30.2. The van der Waals surface area contributed by atoms with Gasteiger partial charge in [0.05, 0.1) is 12.4 Å². The molecule has 0 bridgehead atoms. The fraction of sp³-hybridized carbons (Fsp3) is 0.688. The summed E-state index contributed by atoms with van der Waals surface area (Å²) in [5, 5.41) is 3.17. The molecule has 234 valence electrons. The van der Waals surface area contributed by atoms with Crippen LogP contribution in [-0.2, 0) is 19.0 Å². The number of nitrogen functional groups attached to an aromatic ring is 1. The molecule has 0 radical (unpaired) electrons. The van der Waals surface area contributed by atoms with Crippen molar-refractivity contribution in [2.75, 3.05) is 12.3 Å². The molecule has 2 aromatic heterocycles. The van der Waals surface area contributed by atoms with E-state index in [1.54, 1.807) is 6.33 Å². The average molecular weight is 594 g/mol. The molecule has 2 aliphatic heterocycles. The first-order chi connectivity index (χ1) is 20.3. The highest BCUT2D eigenvalue weighted by atomic mass is 16.8. The Labute approximate surface area is 254 Å². The number of anilines is 1. The smallest absolute Gasteiger partial charge is 0.220 e. The van der Waals surface area contributed by atoms with Gasteiger partial charge in [0.15, 0.2) is 23.5 Å². The lowest BCUT2D eigenvalue weighted by Crippen LogP contribution is -2.52. The summed E-state index contributed by atoms with van der Waals surface area (Å²) in [6.07, 6.45) is 12.0. The molecule has 1 unspecified atom stereocenters. The molecular weight excluding hydrogens is 546 g/mol. The maximum absolute atomic E-state index is 12.7. The SMILES string of the molecule is CC(C)N(C[C@H]1O[C@@H](n2cnc3c(N)ncnc32)[C@@H]2OC(C)(C)O[C@@H]21)[C@H]1C[C@H](CCC(=O)NC2C=CC(C(C)(C)C)=C2)C1. The van der Waals surface area contributed by atoms with Crippen molar-refractivity contribution in [3.05, 3.63) is 36.5 Å². The van der Waals surface area contributed by atoms with Crippen LogP contribution >= 0.6 is 0 Å². The molecule has 2 aliphatic carbocycles. The molecule has 0 aromatic carbocycles. The summed E-state index contributed by atoms with van der Waals surface area (Å²) in [6.45, 7) is 15.7. The molecule has 3 fully saturated rings. The lowest BCUT2D eigenvalue weighted by molar-refractivity contribution is -0.199. The summed E-state index contributed by atoms with van der Waals surface area (Å²) in [6, 6.07) is 0.787. The maximum atomic E-state index is 12.7. The van der Waals surface area contributed by atoms with Gasteiger partial charge in [0.2, 0.25) is 5.91 Å². The Morgan fingerprint density at radius 1 is 1.19 bits per heavy atom. The lowest BCUT2D eigenvalue weighted by atomic mass is 9.76. The van der Waals surface area contributed by atoms with E-state index in [4.69, 9.17) is 19.9 Å². The monoisotopic (exact) mass is 593 g/mol. The number of ether oxygens (including phenoxy) is 3. The Balaban J connectivity index is 1.06. The summed E-state index contributed by atoms with van der Waals surface area (Å²) in [7, 11) is 0. The number of imidazole rings is 1. The normalized spacial score (nSPS) is 31.6. The number of hydrogen-bond donors (Lipinski definition) is 2. The van der Waals surface area contributed by atoms with E-state index < -0.39 is 12.0 Å². The van der Waals surface area contributed by atoms with Crippen molar-refractivity contribution < 1.29 is 19.0 Å². The number of hydrogen-bond acceptors (Lipinski definition) is 9. The van der Waals surface area contributed by atoms with Crippen molar-refractivity contribution in [3.63, 3.8) is 0 Å². The fourth-order valence-electron chi connectivity index (χ4n) is 6.98. The van der Waals surface area contributed by atoms with Gasteiger partial charge in [-0.25, -0.2) is 15.0 Å². The van der Waals surface area contributed by atoms with Gasteiger partial charge in [-0.05, 0) is 63.9 Å². The van der Waals surface area contributed by atoms with Crippen molar-refractivity contribution >= 4 is 22.9 Å². The molecule has 2 aromatic rings. The molecule has 4 heterocycles. The van der Waals surface area contributed by atoms with Crippen molar-refractivity contribution in [1.29, 1.82) is 0 Å². The van der Waals surface area contributed by atoms with Crippen LogP contribution in [0.2, 0.25) is 0 Å². The quantitative estimate of drug-likeness (QED) is 0.441. The number of carbonyl (C=O) groups excluding carboxylic acids is 1. The Kier molecular flexibility index (Phi) is 7.90. The van der Waals surface area contributed by atoms with Crippen molar-refractivity contribution in [2.45, 2.75) is 123 Å². The summed E-state index contributed by atoms with van der Waals surface area (Å²) < 4.78 is 21.3. The third-order valence-corrected chi connectivity index (χ3v) is 9.34. The number of aromatic nitrogens is 4. The first-order valence-corrected chi connectivity index (χ1v) is 15.7. The van der Waals surface area contributed by atoms with Crippen LogP contribution in [0.3, 0.4) is 0 Å². The van der Waals surface area contributed by atoms with E-state index >= 15 is 0 Å². The third-order valence-electron chi connectivity index (χ3n) is 9.34. The molecule has 11 nitrogen and oxygen atoms in total. The highest BCUT2D eigenvalue weighted by molar-refractivity contribution is 5.81. The number of nitrogens with two attached hydrogens (primary N) is 1. The molecular formula is C32H47N7O4. The first-order valence-electron chi connectivity index (χ1n) is 15.7. The van der Waals surface area contributed by atoms with Gasteiger partial charge in [0.25, 0.3) is 0 Å². The van der Waals surface area contributed by atoms with Crippen molar-refractivity contribution in [2.24, 2.45) is 11.3 Å². The zero-order valence-electron chi connectivity index (χ0n) is 26.5. The van der Waals surface area contributed by atoms with E-state index in [0.717, 1.165) is 25.8 Å². The number of rotatable bonds is 9. The molecule has 0 spiro atoms. The zero-order valence-corrected chi connectivity index (χ0v) is 26.5. The zero-order chi connectivity index (χ0) is 30.7. The maximum Gasteiger partial charge on any atom is 0.220 e. The summed E-state index contributed by atoms with van der Waals surface area (Å²) in [5.41, 5.74) is 8.58. The fourth-order valence-corrected chi connectivity index (χ4v) is 6.98. The number of nitrogens with one attached hydrogen (secondary N) is 1. The van der Waals surface area contributed by atoms with Crippen LogP contribution in [0.4, 0.5) is 5.82 Å². The topological polar surface area (TPSA) is 130 Å². The van der Waals surface area contributed by atoms with E-state index in [9.17, 15) is 4.79 Å². The number of fused-ring (bicyclic) bond motifs is 2. The van der Waals surface area contributed by atoms with Crippen LogP contribution in [0.15, 0.2) is 36.5 Å². The minimum atomic E-state index is -0.719. The van der Waals surface area contributed by atoms with E-state index in [-0.39, 0.29) is 35.7 Å². The highest BCUT2D eigenvalue weighted by Gasteiger charge is 2.57.